The SMILES string of the molecule is CCCOc1ccc2c3cc[n+]4nc(CC)c(CC)cc4c3n(C(=O)OC(C)(C)C)c2c1.Cc1cc(C)c(S(=O)(=O)[O-])c(C)c1. The molecular formula is C35H43N3O6S. The molecule has 0 bridgehead atoms. The minimum Gasteiger partial charge on any atom is -0.744 e. The second-order valence-corrected chi connectivity index (χ2v) is 13.6. The third kappa shape index (κ3) is 7.28. The fourth-order valence-corrected chi connectivity index (χ4v) is 6.59. The van der Waals surface area contributed by atoms with Gasteiger partial charge in [-0.05, 0) is 89.6 Å². The highest BCUT2D eigenvalue weighted by Crippen LogP contribution is 2.34. The Hall–Kier alpha value is -4.02. The second-order valence-electron chi connectivity index (χ2n) is 12.3. The number of nitrogens with zero attached hydrogens (tertiary/aromatic N) is 3. The summed E-state index contributed by atoms with van der Waals surface area (Å²) in [5, 5.41) is 6.81. The van der Waals surface area contributed by atoms with E-state index in [4.69, 9.17) is 14.6 Å². The molecule has 0 aliphatic heterocycles. The van der Waals surface area contributed by atoms with E-state index in [2.05, 4.69) is 26.8 Å². The number of carbonyl (C=O) groups is 1. The first-order chi connectivity index (χ1) is 21.1. The van der Waals surface area contributed by atoms with E-state index in [1.807, 2.05) is 62.7 Å². The third-order valence-corrected chi connectivity index (χ3v) is 8.52. The van der Waals surface area contributed by atoms with Crippen LogP contribution in [0.25, 0.3) is 27.3 Å². The molecule has 0 saturated carbocycles. The quantitative estimate of drug-likeness (QED) is 0.144. The van der Waals surface area contributed by atoms with E-state index in [1.54, 1.807) is 30.5 Å². The van der Waals surface area contributed by atoms with Crippen molar-refractivity contribution in [3.63, 3.8) is 0 Å². The summed E-state index contributed by atoms with van der Waals surface area (Å²) in [6.45, 7) is 17.7. The highest BCUT2D eigenvalue weighted by Gasteiger charge is 2.27. The Morgan fingerprint density at radius 3 is 2.18 bits per heavy atom. The average Bonchev–Trinajstić information content (AvgIpc) is 3.27. The maximum Gasteiger partial charge on any atom is 0.419 e. The number of aromatic nitrogens is 3. The molecule has 0 spiro atoms. The zero-order chi connectivity index (χ0) is 33.3. The van der Waals surface area contributed by atoms with Crippen molar-refractivity contribution < 1.29 is 31.8 Å². The molecule has 2 aromatic carbocycles. The number of aryl methyl sites for hydroxylation is 5. The second kappa shape index (κ2) is 13.1. The van der Waals surface area contributed by atoms with E-state index < -0.39 is 21.8 Å². The summed E-state index contributed by atoms with van der Waals surface area (Å²) in [6, 6.07) is 13.5. The minimum absolute atomic E-state index is 0.0851. The van der Waals surface area contributed by atoms with Crippen molar-refractivity contribution in [3.8, 4) is 5.75 Å². The Morgan fingerprint density at radius 1 is 0.956 bits per heavy atom. The van der Waals surface area contributed by atoms with Gasteiger partial charge < -0.3 is 14.0 Å². The van der Waals surface area contributed by atoms with Crippen molar-refractivity contribution in [2.75, 3.05) is 6.61 Å². The molecule has 0 unspecified atom stereocenters. The normalized spacial score (nSPS) is 12.0. The van der Waals surface area contributed by atoms with Crippen LogP contribution in [-0.4, -0.2) is 40.9 Å². The van der Waals surface area contributed by atoms with E-state index in [1.165, 1.54) is 5.56 Å². The summed E-state index contributed by atoms with van der Waals surface area (Å²) in [5.41, 5.74) is 6.10. The van der Waals surface area contributed by atoms with Crippen molar-refractivity contribution in [1.29, 1.82) is 0 Å². The molecule has 0 aliphatic carbocycles. The third-order valence-electron chi connectivity index (χ3n) is 7.38. The van der Waals surface area contributed by atoms with Gasteiger partial charge in [0.15, 0.2) is 0 Å². The molecule has 0 N–H and O–H groups in total. The van der Waals surface area contributed by atoms with Crippen LogP contribution in [0.3, 0.4) is 0 Å². The number of hydrogen-bond acceptors (Lipinski definition) is 7. The van der Waals surface area contributed by atoms with Crippen LogP contribution in [-0.2, 0) is 27.7 Å². The van der Waals surface area contributed by atoms with E-state index >= 15 is 0 Å². The van der Waals surface area contributed by atoms with E-state index in [9.17, 15) is 17.8 Å². The fourth-order valence-electron chi connectivity index (χ4n) is 5.68. The lowest BCUT2D eigenvalue weighted by Gasteiger charge is -2.20. The van der Waals surface area contributed by atoms with Crippen LogP contribution in [0.5, 0.6) is 5.75 Å². The summed E-state index contributed by atoms with van der Waals surface area (Å²) in [4.78, 5) is 13.4. The molecule has 0 amide bonds. The summed E-state index contributed by atoms with van der Waals surface area (Å²) < 4.78 is 47.7. The van der Waals surface area contributed by atoms with Gasteiger partial charge in [-0.15, -0.1) is 0 Å². The first-order valence-corrected chi connectivity index (χ1v) is 16.7. The van der Waals surface area contributed by atoms with Crippen molar-refractivity contribution in [3.05, 3.63) is 76.6 Å². The van der Waals surface area contributed by atoms with Crippen LogP contribution >= 0.6 is 0 Å². The smallest absolute Gasteiger partial charge is 0.419 e. The van der Waals surface area contributed by atoms with Crippen LogP contribution in [0.15, 0.2) is 53.6 Å². The Kier molecular flexibility index (Phi) is 9.89. The topological polar surface area (TPSA) is 115 Å². The molecular weight excluding hydrogens is 590 g/mol. The number of pyridine rings is 1. The maximum atomic E-state index is 13.5. The van der Waals surface area contributed by atoms with Gasteiger partial charge in [-0.25, -0.2) is 17.8 Å². The van der Waals surface area contributed by atoms with Gasteiger partial charge in [-0.3, -0.25) is 0 Å². The largest absolute Gasteiger partial charge is 0.744 e. The monoisotopic (exact) mass is 633 g/mol. The van der Waals surface area contributed by atoms with Crippen molar-refractivity contribution in [1.82, 2.24) is 9.67 Å². The van der Waals surface area contributed by atoms with Gasteiger partial charge >= 0.3 is 6.09 Å². The average molecular weight is 634 g/mol. The Bertz CT molecular complexity index is 1980. The van der Waals surface area contributed by atoms with E-state index in [0.717, 1.165) is 63.6 Å². The van der Waals surface area contributed by atoms with Crippen LogP contribution < -0.4 is 9.25 Å². The molecule has 0 atom stereocenters. The molecule has 0 fully saturated rings. The van der Waals surface area contributed by atoms with Gasteiger partial charge in [-0.2, -0.15) is 0 Å². The van der Waals surface area contributed by atoms with E-state index in [0.29, 0.717) is 17.7 Å². The number of benzene rings is 2. The van der Waals surface area contributed by atoms with Gasteiger partial charge in [0.2, 0.25) is 6.20 Å². The van der Waals surface area contributed by atoms with Crippen LogP contribution in [0.4, 0.5) is 4.79 Å². The molecule has 0 aliphatic rings. The van der Waals surface area contributed by atoms with Gasteiger partial charge in [0.1, 0.15) is 32.7 Å². The fraction of sp³-hybridized carbons (Fsp3) is 0.400. The van der Waals surface area contributed by atoms with Crippen molar-refractivity contribution in [2.45, 2.75) is 92.1 Å². The lowest BCUT2D eigenvalue weighted by molar-refractivity contribution is -0.580. The molecule has 45 heavy (non-hydrogen) atoms. The molecule has 240 valence electrons. The highest BCUT2D eigenvalue weighted by atomic mass is 32.2. The van der Waals surface area contributed by atoms with E-state index in [-0.39, 0.29) is 4.90 Å². The van der Waals surface area contributed by atoms with Gasteiger partial charge in [0.05, 0.1) is 17.0 Å². The van der Waals surface area contributed by atoms with Crippen molar-refractivity contribution >= 4 is 43.5 Å². The lowest BCUT2D eigenvalue weighted by atomic mass is 10.1. The number of carbonyl (C=O) groups excluding carboxylic acids is 1. The van der Waals surface area contributed by atoms with Crippen LogP contribution in [0.2, 0.25) is 0 Å². The summed E-state index contributed by atoms with van der Waals surface area (Å²) in [6.07, 6.45) is 4.22. The zero-order valence-corrected chi connectivity index (χ0v) is 28.5. The maximum absolute atomic E-state index is 13.5. The summed E-state index contributed by atoms with van der Waals surface area (Å²) in [7, 11) is -4.33. The Labute approximate surface area is 265 Å². The standard InChI is InChI=1S/C26H32N3O3.C9H12O3S/c1-7-14-31-18-10-11-19-20-12-13-28-23(15-17(8-2)21(9-3)27-28)24(20)29(22(19)16-18)25(30)32-26(4,5)6;1-6-4-7(2)9(8(3)5-6)13(10,11)12/h10-13,15-16H,7-9,14H2,1-6H3;4-5H,1-3H3,(H,10,11,12)/q+1;/p-1. The molecule has 5 aromatic rings. The number of ether oxygens (including phenoxy) is 2. The molecule has 0 saturated heterocycles. The number of fused-ring (bicyclic) bond motifs is 5. The molecule has 5 rings (SSSR count). The first-order valence-electron chi connectivity index (χ1n) is 15.3. The minimum atomic E-state index is -4.33. The molecule has 9 nitrogen and oxygen atoms in total. The molecule has 0 radical (unpaired) electrons. The molecule has 3 aromatic heterocycles. The predicted molar refractivity (Wildman–Crippen MR) is 175 cm³/mol. The predicted octanol–water partition coefficient (Wildman–Crippen LogP) is 7.14. The Morgan fingerprint density at radius 2 is 1.62 bits per heavy atom. The highest BCUT2D eigenvalue weighted by molar-refractivity contribution is 7.85. The number of hydrogen-bond donors (Lipinski definition) is 0. The number of rotatable bonds is 6. The first kappa shape index (κ1) is 33.9. The molecule has 10 heteroatoms. The van der Waals surface area contributed by atoms with Gasteiger partial charge in [0, 0.05) is 34.1 Å². The van der Waals surface area contributed by atoms with Crippen molar-refractivity contribution in [2.24, 2.45) is 0 Å². The van der Waals surface area contributed by atoms with Gasteiger partial charge in [0.25, 0.3) is 5.52 Å². The Balaban J connectivity index is 0.000000297. The summed E-state index contributed by atoms with van der Waals surface area (Å²) >= 11 is 0. The zero-order valence-electron chi connectivity index (χ0n) is 27.6. The lowest BCUT2D eigenvalue weighted by Crippen LogP contribution is -2.31. The van der Waals surface area contributed by atoms with Gasteiger partial charge in [-0.1, -0.05) is 43.0 Å². The van der Waals surface area contributed by atoms with Crippen LogP contribution in [0, 0.1) is 20.8 Å². The van der Waals surface area contributed by atoms with Crippen LogP contribution in [0.1, 0.15) is 75.9 Å². The summed E-state index contributed by atoms with van der Waals surface area (Å²) in [5.74, 6) is 0.740. The molecule has 3 heterocycles.